The predicted molar refractivity (Wildman–Crippen MR) is 74.5 cm³/mol. The van der Waals surface area contributed by atoms with Crippen LogP contribution in [0.3, 0.4) is 0 Å². The number of carboxylic acid groups (broad SMARTS) is 1. The molecule has 106 valence electrons. The molecule has 5 heteroatoms. The molecular formula is C15H18N2O3. The van der Waals surface area contributed by atoms with Crippen molar-refractivity contribution in [1.82, 2.24) is 4.90 Å². The highest BCUT2D eigenvalue weighted by Gasteiger charge is 2.40. The maximum absolute atomic E-state index is 12.6. The molecule has 1 aromatic carbocycles. The molecule has 0 radical (unpaired) electrons. The van der Waals surface area contributed by atoms with Gasteiger partial charge >= 0.3 is 5.97 Å². The van der Waals surface area contributed by atoms with Crippen molar-refractivity contribution >= 4 is 17.6 Å². The molecule has 20 heavy (non-hydrogen) atoms. The summed E-state index contributed by atoms with van der Waals surface area (Å²) in [6, 6.07) is 7.80. The van der Waals surface area contributed by atoms with E-state index >= 15 is 0 Å². The van der Waals surface area contributed by atoms with Gasteiger partial charge in [0.2, 0.25) is 5.91 Å². The molecule has 1 aromatic rings. The molecule has 2 aliphatic rings. The fourth-order valence-electron chi connectivity index (χ4n) is 3.19. The van der Waals surface area contributed by atoms with Crippen LogP contribution < -0.4 is 5.32 Å². The molecular weight excluding hydrogens is 256 g/mol. The lowest BCUT2D eigenvalue weighted by Gasteiger charge is -2.20. The van der Waals surface area contributed by atoms with E-state index in [1.807, 2.05) is 31.2 Å². The largest absolute Gasteiger partial charge is 0.481 e. The third-order valence-corrected chi connectivity index (χ3v) is 4.37. The smallest absolute Gasteiger partial charge is 0.308 e. The Hall–Kier alpha value is -2.04. The minimum absolute atomic E-state index is 0.0149. The van der Waals surface area contributed by atoms with Crippen LogP contribution in [0.25, 0.3) is 0 Å². The number of anilines is 1. The first kappa shape index (κ1) is 13.0. The Labute approximate surface area is 117 Å². The first-order chi connectivity index (χ1) is 9.58. The van der Waals surface area contributed by atoms with Gasteiger partial charge in [0.15, 0.2) is 0 Å². The van der Waals surface area contributed by atoms with Crippen LogP contribution in [0.15, 0.2) is 24.3 Å². The van der Waals surface area contributed by atoms with Crippen LogP contribution in [0.2, 0.25) is 0 Å². The second kappa shape index (κ2) is 4.81. The Morgan fingerprint density at radius 2 is 2.05 bits per heavy atom. The number of nitrogens with zero attached hydrogens (tertiary/aromatic N) is 1. The summed E-state index contributed by atoms with van der Waals surface area (Å²) in [6.45, 7) is 3.36. The lowest BCUT2D eigenvalue weighted by Crippen LogP contribution is -2.34. The van der Waals surface area contributed by atoms with Gasteiger partial charge < -0.3 is 15.3 Å². The average Bonchev–Trinajstić information content (AvgIpc) is 3.01. The predicted octanol–water partition coefficient (Wildman–Crippen LogP) is 1.37. The van der Waals surface area contributed by atoms with Gasteiger partial charge in [-0.3, -0.25) is 9.59 Å². The number of hydrogen-bond acceptors (Lipinski definition) is 3. The number of carbonyl (C=O) groups excluding carboxylic acids is 1. The SMILES string of the molecule is C[C@@H]1CN(C(=O)C2CNc3ccccc32)C[C@H]1C(=O)O. The summed E-state index contributed by atoms with van der Waals surface area (Å²) < 4.78 is 0. The van der Waals surface area contributed by atoms with Crippen LogP contribution in [0, 0.1) is 11.8 Å². The Bertz CT molecular complexity index is 558. The number of benzene rings is 1. The molecule has 5 nitrogen and oxygen atoms in total. The first-order valence-electron chi connectivity index (χ1n) is 6.92. The standard InChI is InChI=1S/C15H18N2O3/c1-9-7-17(8-12(9)15(19)20)14(18)11-6-16-13-5-3-2-4-10(11)13/h2-5,9,11-12,16H,6-8H2,1H3,(H,19,20)/t9-,11?,12-/m1/s1. The van der Waals surface area contributed by atoms with E-state index in [2.05, 4.69) is 5.32 Å². The highest BCUT2D eigenvalue weighted by atomic mass is 16.4. The van der Waals surface area contributed by atoms with Gasteiger partial charge in [-0.1, -0.05) is 25.1 Å². The van der Waals surface area contributed by atoms with E-state index in [9.17, 15) is 9.59 Å². The molecule has 1 saturated heterocycles. The van der Waals surface area contributed by atoms with E-state index in [1.54, 1.807) is 4.90 Å². The highest BCUT2D eigenvalue weighted by molar-refractivity contribution is 5.89. The average molecular weight is 274 g/mol. The van der Waals surface area contributed by atoms with Crippen molar-refractivity contribution in [3.05, 3.63) is 29.8 Å². The van der Waals surface area contributed by atoms with Gasteiger partial charge in [-0.05, 0) is 17.5 Å². The Morgan fingerprint density at radius 1 is 1.30 bits per heavy atom. The van der Waals surface area contributed by atoms with Crippen molar-refractivity contribution < 1.29 is 14.7 Å². The number of rotatable bonds is 2. The second-order valence-electron chi connectivity index (χ2n) is 5.69. The van der Waals surface area contributed by atoms with Crippen LogP contribution in [0.1, 0.15) is 18.4 Å². The van der Waals surface area contributed by atoms with Crippen LogP contribution in [0.4, 0.5) is 5.69 Å². The summed E-state index contributed by atoms with van der Waals surface area (Å²) in [7, 11) is 0. The fourth-order valence-corrected chi connectivity index (χ4v) is 3.19. The van der Waals surface area contributed by atoms with Crippen molar-refractivity contribution in [3.8, 4) is 0 Å². The van der Waals surface area contributed by atoms with Crippen molar-refractivity contribution in [2.45, 2.75) is 12.8 Å². The quantitative estimate of drug-likeness (QED) is 0.854. The summed E-state index contributed by atoms with van der Waals surface area (Å²) in [6.07, 6.45) is 0. The maximum atomic E-state index is 12.6. The van der Waals surface area contributed by atoms with E-state index in [0.717, 1.165) is 11.3 Å². The number of amides is 1. The number of carbonyl (C=O) groups is 2. The zero-order valence-electron chi connectivity index (χ0n) is 11.4. The molecule has 1 unspecified atom stereocenters. The van der Waals surface area contributed by atoms with E-state index in [-0.39, 0.29) is 17.7 Å². The van der Waals surface area contributed by atoms with Gasteiger partial charge in [0.25, 0.3) is 0 Å². The molecule has 2 heterocycles. The third kappa shape index (κ3) is 2.03. The molecule has 2 aliphatic heterocycles. The molecule has 1 fully saturated rings. The summed E-state index contributed by atoms with van der Waals surface area (Å²) in [5.41, 5.74) is 2.02. The lowest BCUT2D eigenvalue weighted by atomic mass is 9.99. The zero-order valence-corrected chi connectivity index (χ0v) is 11.4. The van der Waals surface area contributed by atoms with Crippen molar-refractivity contribution in [3.63, 3.8) is 0 Å². The normalized spacial score (nSPS) is 28.1. The van der Waals surface area contributed by atoms with Crippen LogP contribution in [0.5, 0.6) is 0 Å². The van der Waals surface area contributed by atoms with Gasteiger partial charge in [0, 0.05) is 25.3 Å². The van der Waals surface area contributed by atoms with Crippen molar-refractivity contribution in [2.75, 3.05) is 25.0 Å². The number of fused-ring (bicyclic) bond motifs is 1. The van der Waals surface area contributed by atoms with Gasteiger partial charge in [-0.2, -0.15) is 0 Å². The van der Waals surface area contributed by atoms with E-state index in [4.69, 9.17) is 5.11 Å². The molecule has 0 saturated carbocycles. The summed E-state index contributed by atoms with van der Waals surface area (Å²) in [5.74, 6) is -1.38. The minimum atomic E-state index is -0.808. The van der Waals surface area contributed by atoms with Crippen molar-refractivity contribution in [1.29, 1.82) is 0 Å². The lowest BCUT2D eigenvalue weighted by molar-refractivity contribution is -0.142. The number of para-hydroxylation sites is 1. The van der Waals surface area contributed by atoms with Crippen LogP contribution in [-0.4, -0.2) is 41.5 Å². The van der Waals surface area contributed by atoms with Crippen LogP contribution in [-0.2, 0) is 9.59 Å². The van der Waals surface area contributed by atoms with Gasteiger partial charge in [0.1, 0.15) is 0 Å². The molecule has 0 aromatic heterocycles. The maximum Gasteiger partial charge on any atom is 0.308 e. The molecule has 1 amide bonds. The number of likely N-dealkylation sites (tertiary alicyclic amines) is 1. The summed E-state index contributed by atoms with van der Waals surface area (Å²) in [5, 5.41) is 12.4. The van der Waals surface area contributed by atoms with E-state index in [1.165, 1.54) is 0 Å². The minimum Gasteiger partial charge on any atom is -0.481 e. The Kier molecular flexibility index (Phi) is 3.12. The van der Waals surface area contributed by atoms with E-state index < -0.39 is 11.9 Å². The summed E-state index contributed by atoms with van der Waals surface area (Å²) in [4.78, 5) is 25.5. The summed E-state index contributed by atoms with van der Waals surface area (Å²) >= 11 is 0. The van der Waals surface area contributed by atoms with Crippen LogP contribution >= 0.6 is 0 Å². The molecule has 0 aliphatic carbocycles. The van der Waals surface area contributed by atoms with E-state index in [0.29, 0.717) is 19.6 Å². The molecule has 3 atom stereocenters. The number of carboxylic acids is 1. The molecule has 2 N–H and O–H groups in total. The first-order valence-corrected chi connectivity index (χ1v) is 6.92. The Balaban J connectivity index is 1.77. The van der Waals surface area contributed by atoms with Gasteiger partial charge in [-0.15, -0.1) is 0 Å². The third-order valence-electron chi connectivity index (χ3n) is 4.37. The topological polar surface area (TPSA) is 69.6 Å². The number of aliphatic carboxylic acids is 1. The molecule has 0 spiro atoms. The van der Waals surface area contributed by atoms with Gasteiger partial charge in [0.05, 0.1) is 11.8 Å². The molecule has 0 bridgehead atoms. The van der Waals surface area contributed by atoms with Crippen molar-refractivity contribution in [2.24, 2.45) is 11.8 Å². The number of hydrogen-bond donors (Lipinski definition) is 2. The Morgan fingerprint density at radius 3 is 2.75 bits per heavy atom. The second-order valence-corrected chi connectivity index (χ2v) is 5.69. The monoisotopic (exact) mass is 274 g/mol. The highest BCUT2D eigenvalue weighted by Crippen LogP contribution is 2.34. The van der Waals surface area contributed by atoms with Gasteiger partial charge in [-0.25, -0.2) is 0 Å². The fraction of sp³-hybridized carbons (Fsp3) is 0.467. The zero-order chi connectivity index (χ0) is 14.3. The number of nitrogens with one attached hydrogen (secondary N) is 1. The molecule has 3 rings (SSSR count).